The van der Waals surface area contributed by atoms with Gasteiger partial charge in [-0.25, -0.2) is 4.39 Å². The van der Waals surface area contributed by atoms with Crippen molar-refractivity contribution in [2.75, 3.05) is 6.61 Å². The third-order valence-electron chi connectivity index (χ3n) is 8.71. The molecule has 4 rings (SSSR count). The van der Waals surface area contributed by atoms with Gasteiger partial charge in [-0.05, 0) is 99.5 Å². The van der Waals surface area contributed by atoms with Crippen LogP contribution in [0.4, 0.5) is 4.39 Å². The molecule has 3 saturated carbocycles. The molecule has 3 nitrogen and oxygen atoms in total. The number of benzene rings is 1. The van der Waals surface area contributed by atoms with Gasteiger partial charge in [0.15, 0.2) is 11.6 Å². The van der Waals surface area contributed by atoms with Gasteiger partial charge in [0.25, 0.3) is 0 Å². The first-order valence-electron chi connectivity index (χ1n) is 13.3. The molecule has 0 bridgehead atoms. The standard InChI is InChI=1S/C29H41FO3/c1-3-5-20-6-7-25-18-24(13-12-23(25)17-20)21-8-10-22(11-9-21)29(31)33-26-14-15-28(27(30)19-26)32-16-4-2/h4,14-15,19-25H,2-3,5-13,16-18H2,1H3. The number of carbonyl (C=O) groups is 1. The van der Waals surface area contributed by atoms with E-state index in [1.807, 2.05) is 0 Å². The lowest BCUT2D eigenvalue weighted by Gasteiger charge is -2.45. The van der Waals surface area contributed by atoms with E-state index in [4.69, 9.17) is 9.47 Å². The summed E-state index contributed by atoms with van der Waals surface area (Å²) in [6.07, 6.45) is 17.0. The minimum Gasteiger partial charge on any atom is -0.486 e. The highest BCUT2D eigenvalue weighted by Crippen LogP contribution is 2.49. The maximum absolute atomic E-state index is 14.2. The van der Waals surface area contributed by atoms with E-state index in [1.54, 1.807) is 12.1 Å². The van der Waals surface area contributed by atoms with Crippen molar-refractivity contribution in [2.24, 2.45) is 35.5 Å². The molecule has 182 valence electrons. The molecule has 0 aromatic heterocycles. The third kappa shape index (κ3) is 6.19. The van der Waals surface area contributed by atoms with Crippen molar-refractivity contribution in [1.29, 1.82) is 0 Å². The highest BCUT2D eigenvalue weighted by Gasteiger charge is 2.39. The Balaban J connectivity index is 1.22. The van der Waals surface area contributed by atoms with Gasteiger partial charge in [0.05, 0.1) is 5.92 Å². The van der Waals surface area contributed by atoms with Gasteiger partial charge in [0.1, 0.15) is 12.4 Å². The molecule has 1 aromatic carbocycles. The fraction of sp³-hybridized carbons (Fsp3) is 0.690. The Hall–Kier alpha value is -1.84. The van der Waals surface area contributed by atoms with Gasteiger partial charge < -0.3 is 9.47 Å². The van der Waals surface area contributed by atoms with Crippen molar-refractivity contribution < 1.29 is 18.7 Å². The van der Waals surface area contributed by atoms with Crippen LogP contribution in [0, 0.1) is 41.3 Å². The summed E-state index contributed by atoms with van der Waals surface area (Å²) >= 11 is 0. The maximum Gasteiger partial charge on any atom is 0.314 e. The second-order valence-electron chi connectivity index (χ2n) is 10.8. The zero-order valence-electron chi connectivity index (χ0n) is 20.3. The van der Waals surface area contributed by atoms with Crippen molar-refractivity contribution >= 4 is 5.97 Å². The summed E-state index contributed by atoms with van der Waals surface area (Å²) in [5.41, 5.74) is 0. The number of ether oxygens (including phenoxy) is 2. The predicted octanol–water partition coefficient (Wildman–Crippen LogP) is 7.74. The Kier molecular flexibility index (Phi) is 8.49. The maximum atomic E-state index is 14.2. The molecular formula is C29H41FO3. The van der Waals surface area contributed by atoms with Gasteiger partial charge in [-0.2, -0.15) is 0 Å². The molecule has 0 heterocycles. The third-order valence-corrected chi connectivity index (χ3v) is 8.71. The molecule has 3 aliphatic carbocycles. The van der Waals surface area contributed by atoms with Crippen LogP contribution >= 0.6 is 0 Å². The van der Waals surface area contributed by atoms with E-state index in [-0.39, 0.29) is 30.0 Å². The summed E-state index contributed by atoms with van der Waals surface area (Å²) in [6.45, 7) is 6.12. The number of hydrogen-bond donors (Lipinski definition) is 0. The highest BCUT2D eigenvalue weighted by atomic mass is 19.1. The number of esters is 1. The van der Waals surface area contributed by atoms with Crippen molar-refractivity contribution in [3.05, 3.63) is 36.7 Å². The number of rotatable bonds is 8. The van der Waals surface area contributed by atoms with Crippen LogP contribution in [0.3, 0.4) is 0 Å². The molecule has 3 fully saturated rings. The van der Waals surface area contributed by atoms with Gasteiger partial charge in [-0.15, -0.1) is 0 Å². The van der Waals surface area contributed by atoms with Crippen LogP contribution in [0.25, 0.3) is 0 Å². The van der Waals surface area contributed by atoms with Crippen LogP contribution in [0.5, 0.6) is 11.5 Å². The highest BCUT2D eigenvalue weighted by molar-refractivity contribution is 5.75. The predicted molar refractivity (Wildman–Crippen MR) is 130 cm³/mol. The Bertz CT molecular complexity index is 798. The molecule has 0 aliphatic heterocycles. The van der Waals surface area contributed by atoms with E-state index in [9.17, 15) is 9.18 Å². The lowest BCUT2D eigenvalue weighted by Crippen LogP contribution is -2.35. The Morgan fingerprint density at radius 3 is 2.36 bits per heavy atom. The first-order chi connectivity index (χ1) is 16.1. The lowest BCUT2D eigenvalue weighted by molar-refractivity contribution is -0.140. The van der Waals surface area contributed by atoms with Crippen LogP contribution in [-0.4, -0.2) is 12.6 Å². The fourth-order valence-electron chi connectivity index (χ4n) is 6.96. The normalized spacial score (nSPS) is 31.9. The first kappa shape index (κ1) is 24.3. The number of hydrogen-bond acceptors (Lipinski definition) is 3. The zero-order chi connectivity index (χ0) is 23.2. The molecule has 33 heavy (non-hydrogen) atoms. The van der Waals surface area contributed by atoms with Crippen molar-refractivity contribution in [2.45, 2.75) is 84.0 Å². The monoisotopic (exact) mass is 456 g/mol. The molecule has 4 atom stereocenters. The minimum absolute atomic E-state index is 0.0678. The van der Waals surface area contributed by atoms with Gasteiger partial charge in [-0.3, -0.25) is 4.79 Å². The van der Waals surface area contributed by atoms with E-state index in [1.165, 1.54) is 63.5 Å². The topological polar surface area (TPSA) is 35.5 Å². The van der Waals surface area contributed by atoms with E-state index >= 15 is 0 Å². The molecule has 3 aliphatic rings. The van der Waals surface area contributed by atoms with Crippen LogP contribution in [0.1, 0.15) is 84.0 Å². The molecule has 1 aromatic rings. The number of carbonyl (C=O) groups excluding carboxylic acids is 1. The van der Waals surface area contributed by atoms with E-state index < -0.39 is 5.82 Å². The van der Waals surface area contributed by atoms with Crippen LogP contribution in [0.15, 0.2) is 30.9 Å². The second kappa shape index (κ2) is 11.5. The van der Waals surface area contributed by atoms with Crippen LogP contribution in [-0.2, 0) is 4.79 Å². The van der Waals surface area contributed by atoms with Gasteiger partial charge in [0, 0.05) is 6.07 Å². The molecule has 4 heteroatoms. The molecule has 4 unspecified atom stereocenters. The molecule has 0 radical (unpaired) electrons. The first-order valence-corrected chi connectivity index (χ1v) is 13.3. The van der Waals surface area contributed by atoms with Gasteiger partial charge in [-0.1, -0.05) is 38.8 Å². The van der Waals surface area contributed by atoms with Gasteiger partial charge >= 0.3 is 5.97 Å². The summed E-state index contributed by atoms with van der Waals surface area (Å²) < 4.78 is 24.9. The molecule has 0 saturated heterocycles. The summed E-state index contributed by atoms with van der Waals surface area (Å²) in [5, 5.41) is 0. The average Bonchev–Trinajstić information content (AvgIpc) is 2.83. The molecule has 0 amide bonds. The Morgan fingerprint density at radius 2 is 1.67 bits per heavy atom. The summed E-state index contributed by atoms with van der Waals surface area (Å²) in [5.74, 6) is 4.12. The smallest absolute Gasteiger partial charge is 0.314 e. The van der Waals surface area contributed by atoms with E-state index in [2.05, 4.69) is 13.5 Å². The largest absolute Gasteiger partial charge is 0.486 e. The summed E-state index contributed by atoms with van der Waals surface area (Å²) in [4.78, 5) is 12.7. The number of halogens is 1. The average molecular weight is 457 g/mol. The number of fused-ring (bicyclic) bond motifs is 1. The zero-order valence-corrected chi connectivity index (χ0v) is 20.3. The second-order valence-corrected chi connectivity index (χ2v) is 10.8. The van der Waals surface area contributed by atoms with E-state index in [0.29, 0.717) is 0 Å². The van der Waals surface area contributed by atoms with Crippen LogP contribution < -0.4 is 9.47 Å². The Labute approximate surface area is 199 Å². The fourth-order valence-corrected chi connectivity index (χ4v) is 6.96. The van der Waals surface area contributed by atoms with Gasteiger partial charge in [0.2, 0.25) is 0 Å². The summed E-state index contributed by atoms with van der Waals surface area (Å²) in [6, 6.07) is 4.33. The molecular weight excluding hydrogens is 415 g/mol. The van der Waals surface area contributed by atoms with E-state index in [0.717, 1.165) is 55.3 Å². The summed E-state index contributed by atoms with van der Waals surface area (Å²) in [7, 11) is 0. The Morgan fingerprint density at radius 1 is 1.00 bits per heavy atom. The lowest BCUT2D eigenvalue weighted by atomic mass is 9.60. The minimum atomic E-state index is -0.523. The van der Waals surface area contributed by atoms with Crippen molar-refractivity contribution in [1.82, 2.24) is 0 Å². The molecule has 0 spiro atoms. The van der Waals surface area contributed by atoms with Crippen molar-refractivity contribution in [3.8, 4) is 11.5 Å². The van der Waals surface area contributed by atoms with Crippen molar-refractivity contribution in [3.63, 3.8) is 0 Å². The van der Waals surface area contributed by atoms with Crippen LogP contribution in [0.2, 0.25) is 0 Å². The SMILES string of the molecule is C=CCOc1ccc(OC(=O)C2CCC(C3CCC4CC(CCC)CCC4C3)CC2)cc1F. The molecule has 0 N–H and O–H groups in total. The quantitative estimate of drug-likeness (QED) is 0.228.